The molecule has 0 aliphatic heterocycles. The van der Waals surface area contributed by atoms with Crippen LogP contribution in [-0.2, 0) is 11.3 Å². The lowest BCUT2D eigenvalue weighted by atomic mass is 10.2. The van der Waals surface area contributed by atoms with Crippen LogP contribution in [0, 0.1) is 11.8 Å². The quantitative estimate of drug-likeness (QED) is 0.584. The van der Waals surface area contributed by atoms with Crippen LogP contribution in [-0.4, -0.2) is 28.1 Å². The molecular formula is C13H11N3O2. The zero-order valence-corrected chi connectivity index (χ0v) is 9.83. The van der Waals surface area contributed by atoms with Crippen LogP contribution in [0.1, 0.15) is 16.1 Å². The molecule has 0 bridgehead atoms. The first-order valence-corrected chi connectivity index (χ1v) is 5.32. The lowest BCUT2D eigenvalue weighted by Gasteiger charge is -1.91. The Morgan fingerprint density at radius 2 is 2.17 bits per heavy atom. The molecule has 0 fully saturated rings. The van der Waals surface area contributed by atoms with Crippen molar-refractivity contribution in [3.05, 3.63) is 47.8 Å². The summed E-state index contributed by atoms with van der Waals surface area (Å²) in [6.07, 6.45) is 1.51. The molecule has 1 aromatic heterocycles. The van der Waals surface area contributed by atoms with Crippen molar-refractivity contribution >= 4 is 5.97 Å². The minimum absolute atomic E-state index is 0.180. The van der Waals surface area contributed by atoms with Crippen molar-refractivity contribution < 1.29 is 9.53 Å². The predicted molar refractivity (Wildman–Crippen MR) is 64.7 cm³/mol. The van der Waals surface area contributed by atoms with E-state index in [-0.39, 0.29) is 5.69 Å². The lowest BCUT2D eigenvalue weighted by molar-refractivity contribution is 0.0594. The van der Waals surface area contributed by atoms with Gasteiger partial charge in [-0.3, -0.25) is 0 Å². The summed E-state index contributed by atoms with van der Waals surface area (Å²) in [5, 5.41) is 7.46. The molecule has 90 valence electrons. The molecule has 0 saturated heterocycles. The molecule has 0 aliphatic carbocycles. The summed E-state index contributed by atoms with van der Waals surface area (Å²) in [6, 6.07) is 9.64. The fourth-order valence-electron chi connectivity index (χ4n) is 1.32. The minimum Gasteiger partial charge on any atom is -0.464 e. The van der Waals surface area contributed by atoms with Crippen LogP contribution in [0.25, 0.3) is 0 Å². The number of carbonyl (C=O) groups is 1. The first kappa shape index (κ1) is 11.9. The molecule has 18 heavy (non-hydrogen) atoms. The normalized spacial score (nSPS) is 9.39. The number of methoxy groups -OCH3 is 1. The number of hydrogen-bond donors (Lipinski definition) is 0. The van der Waals surface area contributed by atoms with Gasteiger partial charge in [-0.05, 0) is 12.1 Å². The van der Waals surface area contributed by atoms with Gasteiger partial charge in [-0.1, -0.05) is 35.3 Å². The fourth-order valence-corrected chi connectivity index (χ4v) is 1.32. The van der Waals surface area contributed by atoms with E-state index >= 15 is 0 Å². The van der Waals surface area contributed by atoms with E-state index in [1.165, 1.54) is 18.0 Å². The summed E-state index contributed by atoms with van der Waals surface area (Å²) >= 11 is 0. The highest BCUT2D eigenvalue weighted by Crippen LogP contribution is 1.96. The Morgan fingerprint density at radius 1 is 1.39 bits per heavy atom. The Hall–Kier alpha value is -2.61. The van der Waals surface area contributed by atoms with Gasteiger partial charge < -0.3 is 4.74 Å². The minimum atomic E-state index is -0.503. The Labute approximate surface area is 104 Å². The summed E-state index contributed by atoms with van der Waals surface area (Å²) in [5.74, 6) is 5.43. The number of aromatic nitrogens is 3. The topological polar surface area (TPSA) is 57.0 Å². The third-order valence-electron chi connectivity index (χ3n) is 2.18. The van der Waals surface area contributed by atoms with Gasteiger partial charge in [0.05, 0.1) is 13.3 Å². The van der Waals surface area contributed by atoms with Gasteiger partial charge in [-0.2, -0.15) is 0 Å². The van der Waals surface area contributed by atoms with Gasteiger partial charge in [0, 0.05) is 5.56 Å². The Morgan fingerprint density at radius 3 is 2.89 bits per heavy atom. The lowest BCUT2D eigenvalue weighted by Crippen LogP contribution is -2.01. The maximum absolute atomic E-state index is 11.1. The van der Waals surface area contributed by atoms with Crippen LogP contribution in [0.3, 0.4) is 0 Å². The summed E-state index contributed by atoms with van der Waals surface area (Å²) in [4.78, 5) is 11.1. The first-order valence-electron chi connectivity index (χ1n) is 5.32. The van der Waals surface area contributed by atoms with Crippen molar-refractivity contribution in [2.24, 2.45) is 0 Å². The smallest absolute Gasteiger partial charge is 0.360 e. The zero-order valence-electron chi connectivity index (χ0n) is 9.83. The summed E-state index contributed by atoms with van der Waals surface area (Å²) in [7, 11) is 1.30. The first-order chi connectivity index (χ1) is 8.79. The van der Waals surface area contributed by atoms with Crippen molar-refractivity contribution in [1.29, 1.82) is 0 Å². The number of nitrogens with zero attached hydrogens (tertiary/aromatic N) is 3. The van der Waals surface area contributed by atoms with E-state index in [1.807, 2.05) is 30.3 Å². The third-order valence-corrected chi connectivity index (χ3v) is 2.18. The van der Waals surface area contributed by atoms with E-state index in [4.69, 9.17) is 0 Å². The summed E-state index contributed by atoms with van der Waals surface area (Å²) < 4.78 is 6.02. The van der Waals surface area contributed by atoms with E-state index in [9.17, 15) is 4.79 Å². The van der Waals surface area contributed by atoms with Crippen LogP contribution in [0.15, 0.2) is 36.5 Å². The SMILES string of the molecule is COC(=O)c1cn(CC#Cc2ccccc2)nn1. The fraction of sp³-hybridized carbons (Fsp3) is 0.154. The Bertz CT molecular complexity index is 593. The van der Waals surface area contributed by atoms with Gasteiger partial charge in [0.1, 0.15) is 6.54 Å². The average Bonchev–Trinajstić information content (AvgIpc) is 2.88. The van der Waals surface area contributed by atoms with Crippen LogP contribution in [0.2, 0.25) is 0 Å². The molecule has 1 heterocycles. The number of carbonyl (C=O) groups excluding carboxylic acids is 1. The summed E-state index contributed by atoms with van der Waals surface area (Å²) in [6.45, 7) is 0.374. The van der Waals surface area contributed by atoms with E-state index < -0.39 is 5.97 Å². The molecule has 0 spiro atoms. The van der Waals surface area contributed by atoms with Gasteiger partial charge in [0.15, 0.2) is 5.69 Å². The van der Waals surface area contributed by atoms with Gasteiger partial charge in [0.25, 0.3) is 0 Å². The monoisotopic (exact) mass is 241 g/mol. The Balaban J connectivity index is 2.01. The maximum atomic E-state index is 11.1. The molecule has 0 atom stereocenters. The Kier molecular flexibility index (Phi) is 3.72. The van der Waals surface area contributed by atoms with Crippen molar-refractivity contribution in [3.8, 4) is 11.8 Å². The predicted octanol–water partition coefficient (Wildman–Crippen LogP) is 1.12. The number of benzene rings is 1. The number of rotatable bonds is 2. The highest BCUT2D eigenvalue weighted by molar-refractivity contribution is 5.86. The van der Waals surface area contributed by atoms with E-state index in [1.54, 1.807) is 0 Å². The molecule has 1 aromatic carbocycles. The highest BCUT2D eigenvalue weighted by atomic mass is 16.5. The molecule has 5 nitrogen and oxygen atoms in total. The largest absolute Gasteiger partial charge is 0.464 e. The standard InChI is InChI=1S/C13H11N3O2/c1-18-13(17)12-10-16(15-14-12)9-5-8-11-6-3-2-4-7-11/h2-4,6-7,10H,9H2,1H3. The zero-order chi connectivity index (χ0) is 12.8. The second kappa shape index (κ2) is 5.64. The van der Waals surface area contributed by atoms with Crippen LogP contribution < -0.4 is 0 Å². The molecule has 0 N–H and O–H groups in total. The van der Waals surface area contributed by atoms with Crippen molar-refractivity contribution in [2.75, 3.05) is 7.11 Å². The average molecular weight is 241 g/mol. The number of hydrogen-bond acceptors (Lipinski definition) is 4. The van der Waals surface area contributed by atoms with Crippen molar-refractivity contribution in [1.82, 2.24) is 15.0 Å². The second-order valence-corrected chi connectivity index (χ2v) is 3.46. The second-order valence-electron chi connectivity index (χ2n) is 3.46. The van der Waals surface area contributed by atoms with Crippen LogP contribution in [0.4, 0.5) is 0 Å². The molecule has 2 rings (SSSR count). The van der Waals surface area contributed by atoms with Gasteiger partial charge in [-0.25, -0.2) is 9.48 Å². The molecule has 0 radical (unpaired) electrons. The summed E-state index contributed by atoms with van der Waals surface area (Å²) in [5.41, 5.74) is 1.12. The number of esters is 1. The number of ether oxygens (including phenoxy) is 1. The van der Waals surface area contributed by atoms with E-state index in [0.29, 0.717) is 6.54 Å². The van der Waals surface area contributed by atoms with Crippen LogP contribution >= 0.6 is 0 Å². The molecule has 0 saturated carbocycles. The van der Waals surface area contributed by atoms with Gasteiger partial charge >= 0.3 is 5.97 Å². The van der Waals surface area contributed by atoms with E-state index in [2.05, 4.69) is 26.9 Å². The highest BCUT2D eigenvalue weighted by Gasteiger charge is 2.09. The molecule has 0 amide bonds. The molecule has 0 unspecified atom stereocenters. The molecule has 5 heteroatoms. The van der Waals surface area contributed by atoms with Gasteiger partial charge in [0.2, 0.25) is 0 Å². The molecule has 2 aromatic rings. The maximum Gasteiger partial charge on any atom is 0.360 e. The molecular weight excluding hydrogens is 230 g/mol. The molecule has 0 aliphatic rings. The third kappa shape index (κ3) is 2.95. The van der Waals surface area contributed by atoms with Crippen LogP contribution in [0.5, 0.6) is 0 Å². The van der Waals surface area contributed by atoms with Crippen molar-refractivity contribution in [2.45, 2.75) is 6.54 Å². The van der Waals surface area contributed by atoms with Gasteiger partial charge in [-0.15, -0.1) is 5.10 Å². The van der Waals surface area contributed by atoms with Crippen molar-refractivity contribution in [3.63, 3.8) is 0 Å². The van der Waals surface area contributed by atoms with E-state index in [0.717, 1.165) is 5.56 Å².